The maximum absolute atomic E-state index is 12.3. The van der Waals surface area contributed by atoms with Crippen molar-refractivity contribution in [2.45, 2.75) is 46.1 Å². The van der Waals surface area contributed by atoms with Gasteiger partial charge in [0.05, 0.1) is 18.4 Å². The van der Waals surface area contributed by atoms with Crippen molar-refractivity contribution in [2.24, 2.45) is 11.8 Å². The Kier molecular flexibility index (Phi) is 6.45. The fraction of sp³-hybridized carbons (Fsp3) is 0.824. The largest absolute Gasteiger partial charge is 0.450 e. The molecular weight excluding hydrogens is 310 g/mol. The molecule has 7 heteroatoms. The average Bonchev–Trinajstić information content (AvgIpc) is 3.37. The molecule has 0 bridgehead atoms. The number of nitrogens with one attached hydrogen (secondary N) is 1. The first-order chi connectivity index (χ1) is 11.5. The van der Waals surface area contributed by atoms with Gasteiger partial charge in [-0.2, -0.15) is 0 Å². The smallest absolute Gasteiger partial charge is 0.409 e. The van der Waals surface area contributed by atoms with Crippen LogP contribution < -0.4 is 5.32 Å². The second kappa shape index (κ2) is 8.35. The number of hydrogen-bond donors (Lipinski definition) is 1. The number of carbonyl (C=O) groups excluding carboxylic acids is 3. The number of hydrogen-bond acceptors (Lipinski definition) is 4. The zero-order valence-corrected chi connectivity index (χ0v) is 14.9. The molecule has 2 atom stereocenters. The summed E-state index contributed by atoms with van der Waals surface area (Å²) < 4.78 is 4.99. The lowest BCUT2D eigenvalue weighted by atomic mass is 10.0. The Bertz CT molecular complexity index is 470. The highest BCUT2D eigenvalue weighted by Gasteiger charge is 2.49. The van der Waals surface area contributed by atoms with Gasteiger partial charge in [0.15, 0.2) is 0 Å². The van der Waals surface area contributed by atoms with Gasteiger partial charge in [-0.3, -0.25) is 9.59 Å². The molecule has 1 saturated heterocycles. The van der Waals surface area contributed by atoms with Crippen LogP contribution in [0.15, 0.2) is 0 Å². The molecule has 2 fully saturated rings. The third kappa shape index (κ3) is 4.39. The van der Waals surface area contributed by atoms with Gasteiger partial charge in [-0.05, 0) is 40.0 Å². The molecule has 1 heterocycles. The predicted molar refractivity (Wildman–Crippen MR) is 89.3 cm³/mol. The first-order valence-electron chi connectivity index (χ1n) is 9.02. The molecule has 1 saturated carbocycles. The van der Waals surface area contributed by atoms with Gasteiger partial charge in [0, 0.05) is 32.2 Å². The number of likely N-dealkylation sites (tertiary alicyclic amines) is 1. The molecule has 1 aliphatic carbocycles. The highest BCUT2D eigenvalue weighted by atomic mass is 16.6. The molecule has 3 amide bonds. The van der Waals surface area contributed by atoms with Crippen LogP contribution in [0.25, 0.3) is 0 Å². The number of rotatable bonds is 6. The summed E-state index contributed by atoms with van der Waals surface area (Å²) in [5, 5.41) is 3.04. The zero-order chi connectivity index (χ0) is 17.7. The molecule has 1 aliphatic heterocycles. The second-order valence-corrected chi connectivity index (χ2v) is 6.43. The fourth-order valence-electron chi connectivity index (χ4n) is 3.26. The SMILES string of the molecule is CCOC(=O)N1CCC(NC(=O)C2CC2C(=O)N(CC)CC)CC1. The molecule has 0 spiro atoms. The number of nitrogens with zero attached hydrogens (tertiary/aromatic N) is 2. The Labute approximate surface area is 143 Å². The number of ether oxygens (including phenoxy) is 1. The molecule has 2 aliphatic rings. The van der Waals surface area contributed by atoms with Crippen molar-refractivity contribution in [3.8, 4) is 0 Å². The Morgan fingerprint density at radius 1 is 1.08 bits per heavy atom. The van der Waals surface area contributed by atoms with E-state index in [1.54, 1.807) is 16.7 Å². The maximum atomic E-state index is 12.3. The van der Waals surface area contributed by atoms with Gasteiger partial charge in [0.1, 0.15) is 0 Å². The van der Waals surface area contributed by atoms with Crippen LogP contribution in [-0.4, -0.2) is 66.5 Å². The summed E-state index contributed by atoms with van der Waals surface area (Å²) in [6.07, 6.45) is 1.83. The first kappa shape index (κ1) is 18.5. The lowest BCUT2D eigenvalue weighted by Gasteiger charge is -2.31. The summed E-state index contributed by atoms with van der Waals surface area (Å²) in [5.74, 6) is -0.252. The molecule has 0 radical (unpaired) electrons. The second-order valence-electron chi connectivity index (χ2n) is 6.43. The zero-order valence-electron chi connectivity index (χ0n) is 14.9. The van der Waals surface area contributed by atoms with Crippen molar-refractivity contribution >= 4 is 17.9 Å². The summed E-state index contributed by atoms with van der Waals surface area (Å²) in [6.45, 7) is 8.63. The van der Waals surface area contributed by atoms with E-state index in [0.29, 0.717) is 39.2 Å². The van der Waals surface area contributed by atoms with Crippen LogP contribution in [0, 0.1) is 11.8 Å². The van der Waals surface area contributed by atoms with Gasteiger partial charge in [-0.1, -0.05) is 0 Å². The summed E-state index contributed by atoms with van der Waals surface area (Å²) in [5.41, 5.74) is 0. The third-order valence-electron chi connectivity index (χ3n) is 4.89. The topological polar surface area (TPSA) is 79.0 Å². The molecule has 1 N–H and O–H groups in total. The summed E-state index contributed by atoms with van der Waals surface area (Å²) in [7, 11) is 0. The van der Waals surface area contributed by atoms with Gasteiger partial charge in [0.2, 0.25) is 11.8 Å². The van der Waals surface area contributed by atoms with E-state index in [1.807, 2.05) is 13.8 Å². The quantitative estimate of drug-likeness (QED) is 0.789. The molecule has 0 aromatic heterocycles. The Morgan fingerprint density at radius 2 is 1.71 bits per heavy atom. The Balaban J connectivity index is 1.73. The molecule has 2 unspecified atom stereocenters. The highest BCUT2D eigenvalue weighted by Crippen LogP contribution is 2.40. The minimum atomic E-state index is -0.283. The standard InChI is InChI=1S/C17H29N3O4/c1-4-19(5-2)16(22)14-11-13(14)15(21)18-12-7-9-20(10-8-12)17(23)24-6-3/h12-14H,4-11H2,1-3H3,(H,18,21). The lowest BCUT2D eigenvalue weighted by molar-refractivity contribution is -0.134. The fourth-order valence-corrected chi connectivity index (χ4v) is 3.26. The van der Waals surface area contributed by atoms with Gasteiger partial charge < -0.3 is 19.9 Å². The van der Waals surface area contributed by atoms with Gasteiger partial charge in [-0.15, -0.1) is 0 Å². The maximum Gasteiger partial charge on any atom is 0.409 e. The summed E-state index contributed by atoms with van der Waals surface area (Å²) in [6, 6.07) is 0.0768. The molecule has 136 valence electrons. The molecule has 24 heavy (non-hydrogen) atoms. The molecule has 7 nitrogen and oxygen atoms in total. The van der Waals surface area contributed by atoms with Crippen molar-refractivity contribution in [1.82, 2.24) is 15.1 Å². The van der Waals surface area contributed by atoms with E-state index in [0.717, 1.165) is 12.8 Å². The molecular formula is C17H29N3O4. The van der Waals surface area contributed by atoms with E-state index < -0.39 is 0 Å². The monoisotopic (exact) mass is 339 g/mol. The van der Waals surface area contributed by atoms with E-state index in [9.17, 15) is 14.4 Å². The van der Waals surface area contributed by atoms with Crippen LogP contribution >= 0.6 is 0 Å². The van der Waals surface area contributed by atoms with Gasteiger partial charge >= 0.3 is 6.09 Å². The van der Waals surface area contributed by atoms with Crippen molar-refractivity contribution < 1.29 is 19.1 Å². The van der Waals surface area contributed by atoms with Crippen LogP contribution in [0.2, 0.25) is 0 Å². The summed E-state index contributed by atoms with van der Waals surface area (Å²) >= 11 is 0. The molecule has 0 aromatic carbocycles. The lowest BCUT2D eigenvalue weighted by Crippen LogP contribution is -2.47. The van der Waals surface area contributed by atoms with Crippen molar-refractivity contribution in [2.75, 3.05) is 32.8 Å². The number of amides is 3. The van der Waals surface area contributed by atoms with Crippen LogP contribution in [0.5, 0.6) is 0 Å². The predicted octanol–water partition coefficient (Wildman–Crippen LogP) is 1.23. The average molecular weight is 339 g/mol. The third-order valence-corrected chi connectivity index (χ3v) is 4.89. The Morgan fingerprint density at radius 3 is 2.25 bits per heavy atom. The normalized spacial score (nSPS) is 23.5. The Hall–Kier alpha value is -1.79. The van der Waals surface area contributed by atoms with Crippen LogP contribution in [0.3, 0.4) is 0 Å². The van der Waals surface area contributed by atoms with E-state index in [1.165, 1.54) is 0 Å². The van der Waals surface area contributed by atoms with Crippen LogP contribution in [-0.2, 0) is 14.3 Å². The van der Waals surface area contributed by atoms with Gasteiger partial charge in [0.25, 0.3) is 0 Å². The van der Waals surface area contributed by atoms with E-state index >= 15 is 0 Å². The van der Waals surface area contributed by atoms with Crippen molar-refractivity contribution in [1.29, 1.82) is 0 Å². The van der Waals surface area contributed by atoms with E-state index in [2.05, 4.69) is 5.32 Å². The highest BCUT2D eigenvalue weighted by molar-refractivity contribution is 5.92. The minimum absolute atomic E-state index is 0.0184. The van der Waals surface area contributed by atoms with Crippen molar-refractivity contribution in [3.63, 3.8) is 0 Å². The molecule has 0 aromatic rings. The number of carbonyl (C=O) groups is 3. The summed E-state index contributed by atoms with van der Waals surface area (Å²) in [4.78, 5) is 39.7. The van der Waals surface area contributed by atoms with Crippen LogP contribution in [0.4, 0.5) is 4.79 Å². The van der Waals surface area contributed by atoms with E-state index in [4.69, 9.17) is 4.74 Å². The van der Waals surface area contributed by atoms with Gasteiger partial charge in [-0.25, -0.2) is 4.79 Å². The minimum Gasteiger partial charge on any atom is -0.450 e. The first-order valence-corrected chi connectivity index (χ1v) is 9.02. The number of piperidine rings is 1. The van der Waals surface area contributed by atoms with Crippen molar-refractivity contribution in [3.05, 3.63) is 0 Å². The molecule has 2 rings (SSSR count). The van der Waals surface area contributed by atoms with E-state index in [-0.39, 0.29) is 35.8 Å². The van der Waals surface area contributed by atoms with Crippen LogP contribution in [0.1, 0.15) is 40.0 Å².